The molecule has 0 unspecified atom stereocenters. The van der Waals surface area contributed by atoms with Gasteiger partial charge >= 0.3 is 0 Å². The summed E-state index contributed by atoms with van der Waals surface area (Å²) in [5.41, 5.74) is 5.67. The third-order valence-corrected chi connectivity index (χ3v) is 3.10. The number of halogens is 1. The van der Waals surface area contributed by atoms with Crippen LogP contribution in [0.1, 0.15) is 16.8 Å². The zero-order valence-corrected chi connectivity index (χ0v) is 11.7. The molecule has 7 nitrogen and oxygen atoms in total. The molecule has 1 aromatic carbocycles. The first-order chi connectivity index (χ1) is 9.09. The highest BCUT2D eigenvalue weighted by atomic mass is 35.5. The molecule has 0 bridgehead atoms. The molecule has 1 fully saturated rings. The van der Waals surface area contributed by atoms with Gasteiger partial charge in [0, 0.05) is 31.3 Å². The third-order valence-electron chi connectivity index (χ3n) is 3.10. The summed E-state index contributed by atoms with van der Waals surface area (Å²) in [4.78, 5) is 24.2. The molecule has 3 N–H and O–H groups in total. The zero-order valence-electron chi connectivity index (χ0n) is 10.9. The van der Waals surface area contributed by atoms with Crippen molar-refractivity contribution in [3.05, 3.63) is 33.9 Å². The molecule has 2 rings (SSSR count). The van der Waals surface area contributed by atoms with Crippen molar-refractivity contribution in [1.82, 2.24) is 10.2 Å². The van der Waals surface area contributed by atoms with Crippen molar-refractivity contribution in [2.24, 2.45) is 0 Å². The Hall–Kier alpha value is -1.86. The maximum atomic E-state index is 12.3. The zero-order chi connectivity index (χ0) is 13.8. The monoisotopic (exact) mass is 300 g/mol. The Bertz CT molecular complexity index is 501. The van der Waals surface area contributed by atoms with E-state index in [0.717, 1.165) is 19.5 Å². The molecule has 0 spiro atoms. The van der Waals surface area contributed by atoms with Gasteiger partial charge in [-0.1, -0.05) is 0 Å². The Balaban J connectivity index is 0.00000200. The number of carbonyl (C=O) groups excluding carboxylic acids is 1. The predicted molar refractivity (Wildman–Crippen MR) is 78.1 cm³/mol. The summed E-state index contributed by atoms with van der Waals surface area (Å²) in [7, 11) is 0. The van der Waals surface area contributed by atoms with Crippen LogP contribution in [0.5, 0.6) is 0 Å². The van der Waals surface area contributed by atoms with Crippen molar-refractivity contribution in [2.45, 2.75) is 6.42 Å². The molecule has 1 saturated heterocycles. The molecule has 1 heterocycles. The summed E-state index contributed by atoms with van der Waals surface area (Å²) in [6.45, 7) is 2.88. The summed E-state index contributed by atoms with van der Waals surface area (Å²) < 4.78 is 0. The van der Waals surface area contributed by atoms with Crippen LogP contribution in [-0.2, 0) is 0 Å². The lowest BCUT2D eigenvalue weighted by atomic mass is 10.1. The number of nitro benzene ring substituents is 1. The van der Waals surface area contributed by atoms with E-state index in [9.17, 15) is 14.9 Å². The number of hydrogen-bond acceptors (Lipinski definition) is 5. The lowest BCUT2D eigenvalue weighted by molar-refractivity contribution is -0.383. The van der Waals surface area contributed by atoms with E-state index in [2.05, 4.69) is 5.32 Å². The lowest BCUT2D eigenvalue weighted by Crippen LogP contribution is -2.34. The van der Waals surface area contributed by atoms with Gasteiger partial charge in [-0.15, -0.1) is 12.4 Å². The molecule has 1 aliphatic rings. The number of benzene rings is 1. The Morgan fingerprint density at radius 3 is 2.80 bits per heavy atom. The Labute approximate surface area is 122 Å². The first-order valence-corrected chi connectivity index (χ1v) is 6.13. The van der Waals surface area contributed by atoms with Gasteiger partial charge in [-0.3, -0.25) is 14.9 Å². The molecule has 0 radical (unpaired) electrons. The lowest BCUT2D eigenvalue weighted by Gasteiger charge is -2.19. The van der Waals surface area contributed by atoms with Crippen LogP contribution in [0.25, 0.3) is 0 Å². The number of anilines is 1. The molecular weight excluding hydrogens is 284 g/mol. The standard InChI is InChI=1S/C12H16N4O3.ClH/c13-10-3-2-9(8-11(10)16(18)19)12(17)15-6-1-4-14-5-7-15;/h2-3,8,14H,1,4-7,13H2;1H. The van der Waals surface area contributed by atoms with Crippen molar-refractivity contribution in [2.75, 3.05) is 31.9 Å². The van der Waals surface area contributed by atoms with E-state index in [1.165, 1.54) is 18.2 Å². The molecule has 0 saturated carbocycles. The van der Waals surface area contributed by atoms with Crippen molar-refractivity contribution in [1.29, 1.82) is 0 Å². The number of nitrogen functional groups attached to an aromatic ring is 1. The summed E-state index contributed by atoms with van der Waals surface area (Å²) in [6, 6.07) is 4.18. The molecular formula is C12H17ClN4O3. The van der Waals surface area contributed by atoms with E-state index in [1.54, 1.807) is 4.90 Å². The molecule has 0 aliphatic carbocycles. The molecule has 8 heteroatoms. The average molecular weight is 301 g/mol. The normalized spacial score (nSPS) is 15.1. The first kappa shape index (κ1) is 16.2. The number of hydrogen-bond donors (Lipinski definition) is 2. The fourth-order valence-electron chi connectivity index (χ4n) is 2.07. The van der Waals surface area contributed by atoms with Crippen molar-refractivity contribution in [3.63, 3.8) is 0 Å². The van der Waals surface area contributed by atoms with Gasteiger partial charge in [0.05, 0.1) is 4.92 Å². The molecule has 0 atom stereocenters. The van der Waals surface area contributed by atoms with Gasteiger partial charge in [0.1, 0.15) is 5.69 Å². The Morgan fingerprint density at radius 2 is 2.10 bits per heavy atom. The molecule has 0 aromatic heterocycles. The van der Waals surface area contributed by atoms with Crippen molar-refractivity contribution in [3.8, 4) is 0 Å². The van der Waals surface area contributed by atoms with Crippen LogP contribution in [0.4, 0.5) is 11.4 Å². The van der Waals surface area contributed by atoms with E-state index < -0.39 is 4.92 Å². The summed E-state index contributed by atoms with van der Waals surface area (Å²) in [6.07, 6.45) is 0.878. The Kier molecular flexibility index (Phi) is 5.72. The number of nitrogens with two attached hydrogens (primary N) is 1. The average Bonchev–Trinajstić information content (AvgIpc) is 2.67. The second kappa shape index (κ2) is 7.06. The highest BCUT2D eigenvalue weighted by Crippen LogP contribution is 2.23. The van der Waals surface area contributed by atoms with E-state index in [4.69, 9.17) is 5.73 Å². The minimum Gasteiger partial charge on any atom is -0.393 e. The van der Waals surface area contributed by atoms with Gasteiger partial charge in [0.15, 0.2) is 0 Å². The number of rotatable bonds is 2. The number of carbonyl (C=O) groups is 1. The number of nitrogens with one attached hydrogen (secondary N) is 1. The largest absolute Gasteiger partial charge is 0.393 e. The summed E-state index contributed by atoms with van der Waals surface area (Å²) in [5, 5.41) is 14.0. The van der Waals surface area contributed by atoms with Gasteiger partial charge in [-0.25, -0.2) is 0 Å². The van der Waals surface area contributed by atoms with Crippen LogP contribution >= 0.6 is 12.4 Å². The number of nitrogens with zero attached hydrogens (tertiary/aromatic N) is 2. The van der Waals surface area contributed by atoms with Gasteiger partial charge < -0.3 is 16.0 Å². The fourth-order valence-corrected chi connectivity index (χ4v) is 2.07. The quantitative estimate of drug-likeness (QED) is 0.482. The summed E-state index contributed by atoms with van der Waals surface area (Å²) >= 11 is 0. The molecule has 1 aliphatic heterocycles. The maximum Gasteiger partial charge on any atom is 0.292 e. The van der Waals surface area contributed by atoms with Crippen LogP contribution in [0.3, 0.4) is 0 Å². The van der Waals surface area contributed by atoms with Crippen LogP contribution < -0.4 is 11.1 Å². The number of amides is 1. The minimum atomic E-state index is -0.573. The second-order valence-electron chi connectivity index (χ2n) is 4.43. The van der Waals surface area contributed by atoms with E-state index in [0.29, 0.717) is 18.7 Å². The van der Waals surface area contributed by atoms with Crippen molar-refractivity contribution < 1.29 is 9.72 Å². The van der Waals surface area contributed by atoms with E-state index in [1.807, 2.05) is 0 Å². The smallest absolute Gasteiger partial charge is 0.292 e. The molecule has 20 heavy (non-hydrogen) atoms. The molecule has 110 valence electrons. The first-order valence-electron chi connectivity index (χ1n) is 6.13. The Morgan fingerprint density at radius 1 is 1.35 bits per heavy atom. The highest BCUT2D eigenvalue weighted by Gasteiger charge is 2.20. The van der Waals surface area contributed by atoms with E-state index >= 15 is 0 Å². The van der Waals surface area contributed by atoms with Crippen LogP contribution in [0, 0.1) is 10.1 Å². The van der Waals surface area contributed by atoms with Crippen LogP contribution in [0.15, 0.2) is 18.2 Å². The molecule has 1 aromatic rings. The van der Waals surface area contributed by atoms with Gasteiger partial charge in [0.25, 0.3) is 11.6 Å². The van der Waals surface area contributed by atoms with Crippen LogP contribution in [0.2, 0.25) is 0 Å². The van der Waals surface area contributed by atoms with Crippen LogP contribution in [-0.4, -0.2) is 41.9 Å². The highest BCUT2D eigenvalue weighted by molar-refractivity contribution is 5.95. The van der Waals surface area contributed by atoms with Gasteiger partial charge in [0.2, 0.25) is 0 Å². The summed E-state index contributed by atoms with van der Waals surface area (Å²) in [5.74, 6) is -0.188. The minimum absolute atomic E-state index is 0. The van der Waals surface area contributed by atoms with Gasteiger partial charge in [-0.2, -0.15) is 0 Å². The fraction of sp³-hybridized carbons (Fsp3) is 0.417. The van der Waals surface area contributed by atoms with E-state index in [-0.39, 0.29) is 29.7 Å². The van der Waals surface area contributed by atoms with Crippen molar-refractivity contribution >= 4 is 29.7 Å². The SMILES string of the molecule is Cl.Nc1ccc(C(=O)N2CCCNCC2)cc1[N+](=O)[O-]. The third kappa shape index (κ3) is 3.58. The topological polar surface area (TPSA) is 102 Å². The van der Waals surface area contributed by atoms with Gasteiger partial charge in [-0.05, 0) is 25.1 Å². The number of nitro groups is 1. The molecule has 1 amide bonds. The predicted octanol–water partition coefficient (Wildman–Crippen LogP) is 1.03. The second-order valence-corrected chi connectivity index (χ2v) is 4.43. The maximum absolute atomic E-state index is 12.3.